The summed E-state index contributed by atoms with van der Waals surface area (Å²) >= 11 is 0. The fourth-order valence-electron chi connectivity index (χ4n) is 3.90. The van der Waals surface area contributed by atoms with E-state index in [2.05, 4.69) is 0 Å². The van der Waals surface area contributed by atoms with Crippen LogP contribution in [-0.2, 0) is 27.8 Å². The lowest BCUT2D eigenvalue weighted by molar-refractivity contribution is -0.130. The molecule has 1 amide bonds. The van der Waals surface area contributed by atoms with E-state index in [4.69, 9.17) is 4.74 Å². The first-order chi connectivity index (χ1) is 14.0. The lowest BCUT2D eigenvalue weighted by atomic mass is 10.0. The number of fused-ring (bicyclic) bond motifs is 1. The third kappa shape index (κ3) is 4.46. The van der Waals surface area contributed by atoms with Crippen LogP contribution >= 0.6 is 0 Å². The van der Waals surface area contributed by atoms with Gasteiger partial charge in [0, 0.05) is 38.2 Å². The van der Waals surface area contributed by atoms with E-state index in [0.717, 1.165) is 37.1 Å². The van der Waals surface area contributed by atoms with E-state index in [1.165, 1.54) is 4.31 Å². The molecule has 6 nitrogen and oxygen atoms in total. The first-order valence-electron chi connectivity index (χ1n) is 10.1. The Morgan fingerprint density at radius 3 is 2.52 bits per heavy atom. The van der Waals surface area contributed by atoms with Gasteiger partial charge in [-0.2, -0.15) is 4.31 Å². The topological polar surface area (TPSA) is 66.9 Å². The van der Waals surface area contributed by atoms with Gasteiger partial charge in [0.1, 0.15) is 12.4 Å². The highest BCUT2D eigenvalue weighted by Crippen LogP contribution is 2.28. The van der Waals surface area contributed by atoms with Gasteiger partial charge in [-0.1, -0.05) is 30.3 Å². The molecule has 1 saturated heterocycles. The van der Waals surface area contributed by atoms with Crippen molar-refractivity contribution >= 4 is 15.9 Å². The number of sulfonamides is 1. The van der Waals surface area contributed by atoms with E-state index in [1.807, 2.05) is 23.1 Å². The Hall–Kier alpha value is -2.38. The zero-order chi connectivity index (χ0) is 20.3. The summed E-state index contributed by atoms with van der Waals surface area (Å²) in [5.74, 6) is 0.910. The van der Waals surface area contributed by atoms with Crippen molar-refractivity contribution in [2.45, 2.75) is 37.1 Å². The van der Waals surface area contributed by atoms with Crippen LogP contribution in [0.25, 0.3) is 0 Å². The van der Waals surface area contributed by atoms with Crippen molar-refractivity contribution in [3.8, 4) is 5.75 Å². The van der Waals surface area contributed by atoms with E-state index in [0.29, 0.717) is 31.7 Å². The number of carbonyl (C=O) groups excluding carboxylic acids is 1. The van der Waals surface area contributed by atoms with E-state index in [9.17, 15) is 13.2 Å². The van der Waals surface area contributed by atoms with Crippen LogP contribution in [0.5, 0.6) is 5.75 Å². The maximum atomic E-state index is 13.0. The maximum Gasteiger partial charge on any atom is 0.243 e. The number of benzene rings is 2. The molecule has 2 heterocycles. The number of aryl methyl sites for hydroxylation is 1. The van der Waals surface area contributed by atoms with E-state index >= 15 is 0 Å². The number of rotatable bonds is 5. The minimum absolute atomic E-state index is 0.196. The quantitative estimate of drug-likeness (QED) is 0.755. The molecule has 4 rings (SSSR count). The number of hydrogen-bond acceptors (Lipinski definition) is 4. The van der Waals surface area contributed by atoms with Crippen molar-refractivity contribution in [1.29, 1.82) is 0 Å². The summed E-state index contributed by atoms with van der Waals surface area (Å²) in [6, 6.07) is 14.3. The number of carbonyl (C=O) groups is 1. The van der Waals surface area contributed by atoms with Crippen molar-refractivity contribution in [1.82, 2.24) is 9.21 Å². The molecule has 2 aromatic carbocycles. The molecule has 7 heteroatoms. The minimum atomic E-state index is -3.59. The Kier molecular flexibility index (Phi) is 5.87. The Bertz CT molecular complexity index is 970. The number of amides is 1. The van der Waals surface area contributed by atoms with Crippen LogP contribution < -0.4 is 4.74 Å². The molecule has 2 aromatic rings. The molecule has 0 unspecified atom stereocenters. The van der Waals surface area contributed by atoms with Gasteiger partial charge in [-0.3, -0.25) is 4.79 Å². The normalized spacial score (nSPS) is 17.4. The molecule has 2 aliphatic heterocycles. The highest BCUT2D eigenvalue weighted by molar-refractivity contribution is 7.89. The molecule has 154 valence electrons. The first-order valence-corrected chi connectivity index (χ1v) is 11.6. The summed E-state index contributed by atoms with van der Waals surface area (Å²) in [4.78, 5) is 14.5. The highest BCUT2D eigenvalue weighted by atomic mass is 32.2. The van der Waals surface area contributed by atoms with Crippen LogP contribution in [0.15, 0.2) is 53.4 Å². The maximum absolute atomic E-state index is 13.0. The number of ether oxygens (including phenoxy) is 1. The van der Waals surface area contributed by atoms with Gasteiger partial charge in [0.2, 0.25) is 15.9 Å². The molecule has 29 heavy (non-hydrogen) atoms. The largest absolute Gasteiger partial charge is 0.492 e. The van der Waals surface area contributed by atoms with Crippen LogP contribution in [0.1, 0.15) is 30.4 Å². The van der Waals surface area contributed by atoms with Crippen molar-refractivity contribution < 1.29 is 17.9 Å². The smallest absolute Gasteiger partial charge is 0.243 e. The Morgan fingerprint density at radius 2 is 1.76 bits per heavy atom. The molecule has 0 aliphatic carbocycles. The van der Waals surface area contributed by atoms with Crippen LogP contribution in [0.4, 0.5) is 0 Å². The third-order valence-electron chi connectivity index (χ3n) is 5.54. The van der Waals surface area contributed by atoms with Gasteiger partial charge in [-0.15, -0.1) is 0 Å². The van der Waals surface area contributed by atoms with E-state index < -0.39 is 10.0 Å². The molecular formula is C22H26N2O4S. The van der Waals surface area contributed by atoms with Gasteiger partial charge in [0.05, 0.1) is 4.90 Å². The molecule has 0 saturated carbocycles. The number of likely N-dealkylation sites (tertiary alicyclic amines) is 1. The van der Waals surface area contributed by atoms with Crippen molar-refractivity contribution in [3.05, 3.63) is 59.7 Å². The molecule has 0 radical (unpaired) electrons. The third-order valence-corrected chi connectivity index (χ3v) is 7.40. The van der Waals surface area contributed by atoms with Crippen molar-refractivity contribution in [2.24, 2.45) is 0 Å². The molecule has 0 bridgehead atoms. The monoisotopic (exact) mass is 414 g/mol. The second-order valence-electron chi connectivity index (χ2n) is 7.53. The second-order valence-corrected chi connectivity index (χ2v) is 9.47. The average Bonchev–Trinajstić information content (AvgIpc) is 3.19. The zero-order valence-electron chi connectivity index (χ0n) is 16.4. The SMILES string of the molecule is O=C(CCc1ccc2c(c1)CN(S(=O)(=O)c1ccccc1)CCO2)N1CCCC1. The summed E-state index contributed by atoms with van der Waals surface area (Å²) in [6.45, 7) is 2.60. The summed E-state index contributed by atoms with van der Waals surface area (Å²) < 4.78 is 33.3. The molecule has 0 spiro atoms. The Morgan fingerprint density at radius 1 is 1.00 bits per heavy atom. The first kappa shape index (κ1) is 19.9. The van der Waals surface area contributed by atoms with Gasteiger partial charge in [-0.05, 0) is 43.0 Å². The van der Waals surface area contributed by atoms with Gasteiger partial charge in [0.25, 0.3) is 0 Å². The van der Waals surface area contributed by atoms with Gasteiger partial charge in [0.15, 0.2) is 0 Å². The minimum Gasteiger partial charge on any atom is -0.492 e. The summed E-state index contributed by atoms with van der Waals surface area (Å²) in [6.07, 6.45) is 3.31. The predicted octanol–water partition coefficient (Wildman–Crippen LogP) is 2.82. The van der Waals surface area contributed by atoms with Crippen LogP contribution in [-0.4, -0.2) is 49.8 Å². The van der Waals surface area contributed by atoms with E-state index in [-0.39, 0.29) is 17.3 Å². The number of nitrogens with zero attached hydrogens (tertiary/aromatic N) is 2. The van der Waals surface area contributed by atoms with Crippen molar-refractivity contribution in [3.63, 3.8) is 0 Å². The average molecular weight is 415 g/mol. The van der Waals surface area contributed by atoms with Gasteiger partial charge < -0.3 is 9.64 Å². The Labute approximate surface area is 172 Å². The Balaban J connectivity index is 1.49. The van der Waals surface area contributed by atoms with E-state index in [1.54, 1.807) is 30.3 Å². The van der Waals surface area contributed by atoms with Crippen LogP contribution in [0, 0.1) is 0 Å². The zero-order valence-corrected chi connectivity index (χ0v) is 17.2. The van der Waals surface area contributed by atoms with Crippen LogP contribution in [0.3, 0.4) is 0 Å². The molecule has 1 fully saturated rings. The van der Waals surface area contributed by atoms with Gasteiger partial charge in [-0.25, -0.2) is 8.42 Å². The molecule has 2 aliphatic rings. The second kappa shape index (κ2) is 8.55. The summed E-state index contributed by atoms with van der Waals surface area (Å²) in [5, 5.41) is 0. The molecular weight excluding hydrogens is 388 g/mol. The lowest BCUT2D eigenvalue weighted by Crippen LogP contribution is -2.32. The standard InChI is InChI=1S/C22H26N2O4S/c25-22(23-12-4-5-13-23)11-9-18-8-10-21-19(16-18)17-24(14-15-28-21)29(26,27)20-6-2-1-3-7-20/h1-3,6-8,10,16H,4-5,9,11-15,17H2. The van der Waals surface area contributed by atoms with Gasteiger partial charge >= 0.3 is 0 Å². The van der Waals surface area contributed by atoms with Crippen molar-refractivity contribution in [2.75, 3.05) is 26.2 Å². The fraction of sp³-hybridized carbons (Fsp3) is 0.409. The predicted molar refractivity (Wildman–Crippen MR) is 110 cm³/mol. The molecule has 0 aromatic heterocycles. The summed E-state index contributed by atoms with van der Waals surface area (Å²) in [5.41, 5.74) is 1.87. The lowest BCUT2D eigenvalue weighted by Gasteiger charge is -2.19. The van der Waals surface area contributed by atoms with Crippen LogP contribution in [0.2, 0.25) is 0 Å². The fourth-order valence-corrected chi connectivity index (χ4v) is 5.32. The molecule has 0 atom stereocenters. The summed E-state index contributed by atoms with van der Waals surface area (Å²) in [7, 11) is -3.59. The number of hydrogen-bond donors (Lipinski definition) is 0. The molecule has 0 N–H and O–H groups in total. The highest BCUT2D eigenvalue weighted by Gasteiger charge is 2.27.